The lowest BCUT2D eigenvalue weighted by Gasteiger charge is -2.26. The summed E-state index contributed by atoms with van der Waals surface area (Å²) in [7, 11) is 0. The quantitative estimate of drug-likeness (QED) is 0.728. The first-order valence-corrected chi connectivity index (χ1v) is 9.68. The monoisotopic (exact) mass is 407 g/mol. The van der Waals surface area contributed by atoms with Crippen molar-refractivity contribution in [1.82, 2.24) is 9.88 Å². The smallest absolute Gasteiger partial charge is 0.413 e. The molecule has 0 bridgehead atoms. The number of aromatic nitrogens is 1. The summed E-state index contributed by atoms with van der Waals surface area (Å²) in [5, 5.41) is 2.61. The van der Waals surface area contributed by atoms with Gasteiger partial charge in [-0.1, -0.05) is 6.07 Å². The Balaban J connectivity index is 2.65. The van der Waals surface area contributed by atoms with Gasteiger partial charge in [-0.3, -0.25) is 10.1 Å². The number of Topliss-reactive ketones (excluding diaryl/α,β-unsaturated/α-hetero) is 1. The van der Waals surface area contributed by atoms with Crippen LogP contribution in [0.4, 0.5) is 15.4 Å². The number of nitrogens with one attached hydrogen (secondary N) is 1. The van der Waals surface area contributed by atoms with E-state index in [0.29, 0.717) is 25.2 Å². The lowest BCUT2D eigenvalue weighted by molar-refractivity contribution is -0.118. The minimum atomic E-state index is -0.630. The Morgan fingerprint density at radius 2 is 1.66 bits per heavy atom. The van der Waals surface area contributed by atoms with Crippen LogP contribution < -0.4 is 5.32 Å². The number of ketones is 1. The molecule has 162 valence electrons. The first-order valence-electron chi connectivity index (χ1n) is 9.68. The first-order chi connectivity index (χ1) is 13.2. The van der Waals surface area contributed by atoms with Crippen LogP contribution in [0.15, 0.2) is 18.2 Å². The number of ether oxygens (including phenoxy) is 2. The molecule has 1 aromatic heterocycles. The zero-order valence-electron chi connectivity index (χ0n) is 18.5. The van der Waals surface area contributed by atoms with Gasteiger partial charge in [0.1, 0.15) is 22.8 Å². The molecule has 2 amide bonds. The highest BCUT2D eigenvalue weighted by molar-refractivity contribution is 5.83. The summed E-state index contributed by atoms with van der Waals surface area (Å²) in [6.45, 7) is 12.5. The summed E-state index contributed by atoms with van der Waals surface area (Å²) in [5.74, 6) is 0.280. The van der Waals surface area contributed by atoms with Crippen molar-refractivity contribution in [3.63, 3.8) is 0 Å². The Labute approximate surface area is 173 Å². The first kappa shape index (κ1) is 24.4. The van der Waals surface area contributed by atoms with E-state index in [1.165, 1.54) is 11.8 Å². The molecule has 0 spiro atoms. The average Bonchev–Trinajstić information content (AvgIpc) is 2.50. The van der Waals surface area contributed by atoms with Crippen molar-refractivity contribution in [2.75, 3.05) is 18.4 Å². The number of anilines is 1. The lowest BCUT2D eigenvalue weighted by atomic mass is 10.2. The van der Waals surface area contributed by atoms with Crippen LogP contribution in [-0.4, -0.2) is 52.1 Å². The largest absolute Gasteiger partial charge is 0.444 e. The van der Waals surface area contributed by atoms with E-state index < -0.39 is 23.4 Å². The fourth-order valence-electron chi connectivity index (χ4n) is 2.38. The predicted molar refractivity (Wildman–Crippen MR) is 111 cm³/mol. The SMILES string of the molecule is CC(=O)CN(CCCc1cccc(NC(=O)OC(C)(C)C)n1)C(=O)OC(C)(C)C. The minimum absolute atomic E-state index is 0.00256. The molecule has 0 radical (unpaired) electrons. The molecule has 29 heavy (non-hydrogen) atoms. The van der Waals surface area contributed by atoms with E-state index in [9.17, 15) is 14.4 Å². The number of pyridine rings is 1. The van der Waals surface area contributed by atoms with Gasteiger partial charge in [-0.2, -0.15) is 0 Å². The summed E-state index contributed by atoms with van der Waals surface area (Å²) >= 11 is 0. The van der Waals surface area contributed by atoms with Gasteiger partial charge in [0.2, 0.25) is 0 Å². The van der Waals surface area contributed by atoms with Crippen LogP contribution in [0.5, 0.6) is 0 Å². The van der Waals surface area contributed by atoms with E-state index in [4.69, 9.17) is 9.47 Å². The Bertz CT molecular complexity index is 720. The van der Waals surface area contributed by atoms with Gasteiger partial charge in [-0.05, 0) is 73.4 Å². The van der Waals surface area contributed by atoms with Crippen molar-refractivity contribution in [3.05, 3.63) is 23.9 Å². The maximum atomic E-state index is 12.3. The molecule has 1 rings (SSSR count). The van der Waals surface area contributed by atoms with Gasteiger partial charge in [-0.25, -0.2) is 14.6 Å². The van der Waals surface area contributed by atoms with Crippen LogP contribution in [0.3, 0.4) is 0 Å². The molecular weight excluding hydrogens is 374 g/mol. The number of hydrogen-bond donors (Lipinski definition) is 1. The highest BCUT2D eigenvalue weighted by atomic mass is 16.6. The number of amides is 2. The number of carbonyl (C=O) groups is 3. The molecule has 0 aromatic carbocycles. The second kappa shape index (κ2) is 10.2. The van der Waals surface area contributed by atoms with Crippen LogP contribution in [0, 0.1) is 0 Å². The summed E-state index contributed by atoms with van der Waals surface area (Å²) in [4.78, 5) is 41.5. The highest BCUT2D eigenvalue weighted by Gasteiger charge is 2.23. The maximum Gasteiger partial charge on any atom is 0.413 e. The summed E-state index contributed by atoms with van der Waals surface area (Å²) in [6, 6.07) is 5.30. The van der Waals surface area contributed by atoms with E-state index in [-0.39, 0.29) is 12.3 Å². The normalized spacial score (nSPS) is 11.6. The maximum absolute atomic E-state index is 12.3. The number of rotatable bonds is 7. The molecule has 1 aromatic rings. The van der Waals surface area contributed by atoms with Gasteiger partial charge < -0.3 is 14.4 Å². The van der Waals surface area contributed by atoms with Gasteiger partial charge in [0.15, 0.2) is 0 Å². The molecular formula is C21H33N3O5. The van der Waals surface area contributed by atoms with Gasteiger partial charge in [0.25, 0.3) is 0 Å². The molecule has 1 N–H and O–H groups in total. The van der Waals surface area contributed by atoms with Crippen molar-refractivity contribution < 1.29 is 23.9 Å². The number of aryl methyl sites for hydroxylation is 1. The fourth-order valence-corrected chi connectivity index (χ4v) is 2.38. The van der Waals surface area contributed by atoms with Crippen LogP contribution in [0.2, 0.25) is 0 Å². The highest BCUT2D eigenvalue weighted by Crippen LogP contribution is 2.13. The van der Waals surface area contributed by atoms with Crippen molar-refractivity contribution in [2.45, 2.75) is 72.5 Å². The van der Waals surface area contributed by atoms with E-state index in [0.717, 1.165) is 5.69 Å². The molecule has 8 heteroatoms. The van der Waals surface area contributed by atoms with Gasteiger partial charge in [0, 0.05) is 12.2 Å². The molecule has 0 saturated carbocycles. The van der Waals surface area contributed by atoms with Crippen LogP contribution in [0.25, 0.3) is 0 Å². The van der Waals surface area contributed by atoms with Gasteiger partial charge >= 0.3 is 12.2 Å². The molecule has 1 heterocycles. The van der Waals surface area contributed by atoms with E-state index in [1.807, 2.05) is 6.07 Å². The molecule has 0 unspecified atom stereocenters. The second-order valence-electron chi connectivity index (χ2n) is 8.85. The lowest BCUT2D eigenvalue weighted by Crippen LogP contribution is -2.40. The van der Waals surface area contributed by atoms with Crippen molar-refractivity contribution in [3.8, 4) is 0 Å². The Kier molecular flexibility index (Phi) is 8.60. The van der Waals surface area contributed by atoms with Crippen LogP contribution in [-0.2, 0) is 20.7 Å². The molecule has 0 aliphatic carbocycles. The number of carbonyl (C=O) groups excluding carboxylic acids is 3. The third-order valence-corrected chi connectivity index (χ3v) is 3.36. The summed E-state index contributed by atoms with van der Waals surface area (Å²) < 4.78 is 10.6. The van der Waals surface area contributed by atoms with Crippen LogP contribution in [0.1, 0.15) is 60.6 Å². The zero-order chi connectivity index (χ0) is 22.2. The third-order valence-electron chi connectivity index (χ3n) is 3.36. The minimum Gasteiger partial charge on any atom is -0.444 e. The second-order valence-corrected chi connectivity index (χ2v) is 8.85. The van der Waals surface area contributed by atoms with Crippen LogP contribution >= 0.6 is 0 Å². The van der Waals surface area contributed by atoms with E-state index >= 15 is 0 Å². The van der Waals surface area contributed by atoms with E-state index in [1.54, 1.807) is 53.7 Å². The molecule has 8 nitrogen and oxygen atoms in total. The fraction of sp³-hybridized carbons (Fsp3) is 0.619. The Morgan fingerprint density at radius 1 is 1.03 bits per heavy atom. The zero-order valence-corrected chi connectivity index (χ0v) is 18.5. The van der Waals surface area contributed by atoms with E-state index in [2.05, 4.69) is 10.3 Å². The standard InChI is InChI=1S/C21H33N3O5/c1-15(25)14-24(19(27)29-21(5,6)7)13-9-11-16-10-8-12-17(22-16)23-18(26)28-20(2,3)4/h8,10,12H,9,11,13-14H2,1-7H3,(H,22,23,26). The summed E-state index contributed by atoms with van der Waals surface area (Å²) in [6.07, 6.45) is 0.0805. The van der Waals surface area contributed by atoms with Crippen molar-refractivity contribution in [1.29, 1.82) is 0 Å². The molecule has 0 aliphatic rings. The van der Waals surface area contributed by atoms with Crippen molar-refractivity contribution >= 4 is 23.8 Å². The van der Waals surface area contributed by atoms with Crippen molar-refractivity contribution in [2.24, 2.45) is 0 Å². The molecule has 0 fully saturated rings. The average molecular weight is 408 g/mol. The number of nitrogens with zero attached hydrogens (tertiary/aromatic N) is 2. The topological polar surface area (TPSA) is 97.8 Å². The Morgan fingerprint density at radius 3 is 2.21 bits per heavy atom. The molecule has 0 saturated heterocycles. The predicted octanol–water partition coefficient (Wildman–Crippen LogP) is 4.19. The van der Waals surface area contributed by atoms with Gasteiger partial charge in [0.05, 0.1) is 6.54 Å². The molecule has 0 aliphatic heterocycles. The number of hydrogen-bond acceptors (Lipinski definition) is 6. The van der Waals surface area contributed by atoms with Gasteiger partial charge in [-0.15, -0.1) is 0 Å². The summed E-state index contributed by atoms with van der Waals surface area (Å²) in [5.41, 5.74) is -0.468. The molecule has 0 atom stereocenters. The third kappa shape index (κ3) is 11.1. The Hall–Kier alpha value is -2.64.